The highest BCUT2D eigenvalue weighted by Crippen LogP contribution is 2.32. The van der Waals surface area contributed by atoms with Gasteiger partial charge in [0.05, 0.1) is 19.4 Å². The number of benzene rings is 1. The van der Waals surface area contributed by atoms with Crippen molar-refractivity contribution in [2.45, 2.75) is 66.8 Å². The summed E-state index contributed by atoms with van der Waals surface area (Å²) in [6, 6.07) is 5.02. The number of aliphatic hydroxyl groups is 1. The maximum Gasteiger partial charge on any atom is 0.311 e. The smallest absolute Gasteiger partial charge is 0.311 e. The minimum absolute atomic E-state index is 0.0159. The molecule has 0 fully saturated rings. The fraction of sp³-hybridized carbons (Fsp3) is 0.636. The first kappa shape index (κ1) is 24.1. The predicted octanol–water partition coefficient (Wildman–Crippen LogP) is 3.49. The highest BCUT2D eigenvalue weighted by atomic mass is 16.6. The topological polar surface area (TPSA) is 84.9 Å². The fourth-order valence-electron chi connectivity index (χ4n) is 2.57. The van der Waals surface area contributed by atoms with Crippen LogP contribution in [0.5, 0.6) is 11.5 Å². The first-order valence-corrected chi connectivity index (χ1v) is 9.65. The molecule has 0 spiro atoms. The summed E-state index contributed by atoms with van der Waals surface area (Å²) in [5, 5.41) is 12.4. The van der Waals surface area contributed by atoms with Gasteiger partial charge in [-0.25, -0.2) is 0 Å². The first-order chi connectivity index (χ1) is 12.8. The Morgan fingerprint density at radius 2 is 1.46 bits per heavy atom. The van der Waals surface area contributed by atoms with Crippen LogP contribution in [0.4, 0.5) is 0 Å². The zero-order valence-electron chi connectivity index (χ0n) is 18.2. The van der Waals surface area contributed by atoms with E-state index in [0.29, 0.717) is 6.42 Å². The molecule has 0 aromatic heterocycles. The van der Waals surface area contributed by atoms with E-state index in [2.05, 4.69) is 5.32 Å². The lowest BCUT2D eigenvalue weighted by Gasteiger charge is -2.20. The molecule has 1 unspecified atom stereocenters. The van der Waals surface area contributed by atoms with Crippen molar-refractivity contribution in [2.75, 3.05) is 13.7 Å². The summed E-state index contributed by atoms with van der Waals surface area (Å²) >= 11 is 0. The number of nitrogens with one attached hydrogen (secondary N) is 1. The molecule has 0 amide bonds. The van der Waals surface area contributed by atoms with Gasteiger partial charge in [-0.05, 0) is 42.0 Å². The molecule has 0 saturated heterocycles. The van der Waals surface area contributed by atoms with E-state index >= 15 is 0 Å². The Labute approximate surface area is 168 Å². The number of carbonyl (C=O) groups excluding carboxylic acids is 2. The Kier molecular flexibility index (Phi) is 8.64. The predicted molar refractivity (Wildman–Crippen MR) is 109 cm³/mol. The van der Waals surface area contributed by atoms with Gasteiger partial charge in [-0.15, -0.1) is 0 Å². The second-order valence-electron chi connectivity index (χ2n) is 9.58. The third-order valence-electron chi connectivity index (χ3n) is 3.92. The molecule has 0 aliphatic heterocycles. The van der Waals surface area contributed by atoms with Gasteiger partial charge in [0.1, 0.15) is 0 Å². The molecule has 1 aromatic carbocycles. The molecule has 0 heterocycles. The van der Waals surface area contributed by atoms with Gasteiger partial charge < -0.3 is 19.9 Å². The number of aliphatic hydroxyl groups excluding tert-OH is 1. The number of esters is 2. The molecule has 28 heavy (non-hydrogen) atoms. The van der Waals surface area contributed by atoms with Crippen molar-refractivity contribution in [3.63, 3.8) is 0 Å². The third-order valence-corrected chi connectivity index (χ3v) is 3.92. The molecule has 6 nitrogen and oxygen atoms in total. The summed E-state index contributed by atoms with van der Waals surface area (Å²) in [4.78, 5) is 24.6. The van der Waals surface area contributed by atoms with Crippen LogP contribution >= 0.6 is 0 Å². The highest BCUT2D eigenvalue weighted by molar-refractivity contribution is 5.77. The molecule has 0 saturated carbocycles. The molecule has 0 aliphatic rings. The second-order valence-corrected chi connectivity index (χ2v) is 9.58. The van der Waals surface area contributed by atoms with E-state index < -0.39 is 0 Å². The molecule has 0 radical (unpaired) electrons. The van der Waals surface area contributed by atoms with E-state index in [0.717, 1.165) is 5.56 Å². The van der Waals surface area contributed by atoms with Crippen molar-refractivity contribution in [3.8, 4) is 11.5 Å². The molecule has 1 rings (SSSR count). The Balaban J connectivity index is 3.08. The van der Waals surface area contributed by atoms with Crippen molar-refractivity contribution in [1.82, 2.24) is 5.32 Å². The van der Waals surface area contributed by atoms with Crippen LogP contribution in [0.25, 0.3) is 0 Å². The number of carbonyl (C=O) groups is 2. The number of rotatable bonds is 8. The third kappa shape index (κ3) is 9.33. The maximum absolute atomic E-state index is 12.3. The van der Waals surface area contributed by atoms with Crippen LogP contribution in [0, 0.1) is 10.8 Å². The number of ether oxygens (including phenoxy) is 2. The quantitative estimate of drug-likeness (QED) is 0.519. The lowest BCUT2D eigenvalue weighted by Crippen LogP contribution is -2.31. The molecule has 2 N–H and O–H groups in total. The van der Waals surface area contributed by atoms with E-state index in [-0.39, 0.29) is 59.8 Å². The van der Waals surface area contributed by atoms with Crippen molar-refractivity contribution < 1.29 is 24.2 Å². The Morgan fingerprint density at radius 1 is 0.964 bits per heavy atom. The van der Waals surface area contributed by atoms with Gasteiger partial charge in [-0.1, -0.05) is 47.6 Å². The Bertz CT molecular complexity index is 666. The number of hydrogen-bond donors (Lipinski definition) is 2. The van der Waals surface area contributed by atoms with Crippen molar-refractivity contribution in [3.05, 3.63) is 23.8 Å². The summed E-state index contributed by atoms with van der Waals surface area (Å²) in [6.45, 7) is 11.7. The summed E-state index contributed by atoms with van der Waals surface area (Å²) < 4.78 is 11.0. The van der Waals surface area contributed by atoms with Crippen LogP contribution in [-0.4, -0.2) is 36.7 Å². The average molecular weight is 394 g/mol. The van der Waals surface area contributed by atoms with E-state index in [1.54, 1.807) is 25.2 Å². The van der Waals surface area contributed by atoms with Crippen molar-refractivity contribution >= 4 is 11.9 Å². The SMILES string of the molecule is CNC(CO)Cc1ccc(OC(=O)CC(C)(C)C)c(OC(=O)CC(C)(C)C)c1. The Hall–Kier alpha value is -1.92. The minimum atomic E-state index is -0.384. The molecule has 1 atom stereocenters. The minimum Gasteiger partial charge on any atom is -0.423 e. The number of hydrogen-bond acceptors (Lipinski definition) is 6. The van der Waals surface area contributed by atoms with Crippen molar-refractivity contribution in [2.24, 2.45) is 10.8 Å². The summed E-state index contributed by atoms with van der Waals surface area (Å²) in [7, 11) is 1.77. The van der Waals surface area contributed by atoms with Crippen molar-refractivity contribution in [1.29, 1.82) is 0 Å². The van der Waals surface area contributed by atoms with E-state index in [4.69, 9.17) is 9.47 Å². The molecule has 158 valence electrons. The average Bonchev–Trinajstić information content (AvgIpc) is 2.51. The molecular weight excluding hydrogens is 358 g/mol. The summed E-state index contributed by atoms with van der Waals surface area (Å²) in [5.41, 5.74) is 0.440. The van der Waals surface area contributed by atoms with Gasteiger partial charge >= 0.3 is 11.9 Å². The van der Waals surface area contributed by atoms with Crippen LogP contribution in [0.1, 0.15) is 59.9 Å². The van der Waals surface area contributed by atoms with Gasteiger partial charge in [-0.3, -0.25) is 9.59 Å². The summed E-state index contributed by atoms with van der Waals surface area (Å²) in [5.74, 6) is -0.311. The molecule has 6 heteroatoms. The largest absolute Gasteiger partial charge is 0.423 e. The van der Waals surface area contributed by atoms with Gasteiger partial charge in [0.25, 0.3) is 0 Å². The molecular formula is C22H35NO5. The second kappa shape index (κ2) is 10.0. The molecule has 0 bridgehead atoms. The Morgan fingerprint density at radius 3 is 1.89 bits per heavy atom. The van der Waals surface area contributed by atoms with Crippen LogP contribution in [-0.2, 0) is 16.0 Å². The van der Waals surface area contributed by atoms with Gasteiger partial charge in [0.15, 0.2) is 11.5 Å². The van der Waals surface area contributed by atoms with Crippen LogP contribution in [0.2, 0.25) is 0 Å². The van der Waals surface area contributed by atoms with E-state index in [9.17, 15) is 14.7 Å². The lowest BCUT2D eigenvalue weighted by atomic mass is 9.92. The normalized spacial score (nSPS) is 13.1. The van der Waals surface area contributed by atoms with E-state index in [1.165, 1.54) is 0 Å². The highest BCUT2D eigenvalue weighted by Gasteiger charge is 2.22. The molecule has 0 aliphatic carbocycles. The monoisotopic (exact) mass is 393 g/mol. The fourth-order valence-corrected chi connectivity index (χ4v) is 2.57. The first-order valence-electron chi connectivity index (χ1n) is 9.65. The maximum atomic E-state index is 12.3. The number of likely N-dealkylation sites (N-methyl/N-ethyl adjacent to an activating group) is 1. The summed E-state index contributed by atoms with van der Waals surface area (Å²) in [6.07, 6.45) is 1.03. The van der Waals surface area contributed by atoms with Gasteiger partial charge in [0.2, 0.25) is 0 Å². The van der Waals surface area contributed by atoms with Gasteiger partial charge in [-0.2, -0.15) is 0 Å². The standard InChI is InChI=1S/C22H35NO5/c1-21(2,3)12-19(25)27-17-9-8-15(10-16(14-24)23-7)11-18(17)28-20(26)13-22(4,5)6/h8-9,11,16,23-24H,10,12-14H2,1-7H3. The lowest BCUT2D eigenvalue weighted by molar-refractivity contribution is -0.139. The zero-order chi connectivity index (χ0) is 21.5. The van der Waals surface area contributed by atoms with E-state index in [1.807, 2.05) is 41.5 Å². The van der Waals surface area contributed by atoms with Crippen LogP contribution < -0.4 is 14.8 Å². The zero-order valence-corrected chi connectivity index (χ0v) is 18.2. The van der Waals surface area contributed by atoms with Crippen LogP contribution in [0.3, 0.4) is 0 Å². The molecule has 1 aromatic rings. The van der Waals surface area contributed by atoms with Crippen LogP contribution in [0.15, 0.2) is 18.2 Å². The van der Waals surface area contributed by atoms with Gasteiger partial charge in [0, 0.05) is 6.04 Å².